The summed E-state index contributed by atoms with van der Waals surface area (Å²) in [6.45, 7) is 4.66. The molecule has 0 radical (unpaired) electrons. The fourth-order valence-corrected chi connectivity index (χ4v) is 3.45. The van der Waals surface area contributed by atoms with Gasteiger partial charge in [-0.2, -0.15) is 5.10 Å². The first kappa shape index (κ1) is 17.5. The summed E-state index contributed by atoms with van der Waals surface area (Å²) in [6, 6.07) is 12.0. The molecule has 1 atom stereocenters. The normalized spacial score (nSPS) is 18.0. The highest BCUT2D eigenvalue weighted by atomic mass is 16.7. The van der Waals surface area contributed by atoms with Crippen LogP contribution in [0, 0.1) is 13.8 Å². The van der Waals surface area contributed by atoms with E-state index in [0.29, 0.717) is 12.2 Å². The molecule has 0 saturated heterocycles. The van der Waals surface area contributed by atoms with Gasteiger partial charge in [0.15, 0.2) is 11.5 Å². The van der Waals surface area contributed by atoms with Crippen molar-refractivity contribution in [3.8, 4) is 11.5 Å². The maximum Gasteiger partial charge on any atom is 0.257 e. The molecule has 4 rings (SSSR count). The summed E-state index contributed by atoms with van der Waals surface area (Å²) in [5.74, 6) is 1.40. The highest BCUT2D eigenvalue weighted by Crippen LogP contribution is 2.39. The molecule has 2 aliphatic rings. The minimum absolute atomic E-state index is 0.0565. The Morgan fingerprint density at radius 2 is 1.96 bits per heavy atom. The highest BCUT2D eigenvalue weighted by Gasteiger charge is 2.33. The minimum Gasteiger partial charge on any atom is -0.454 e. The lowest BCUT2D eigenvalue weighted by Gasteiger charge is -2.22. The fraction of sp³-hybridized carbons (Fsp3) is 0.333. The van der Waals surface area contributed by atoms with Crippen LogP contribution in [0.5, 0.6) is 11.5 Å². The van der Waals surface area contributed by atoms with E-state index in [1.807, 2.05) is 18.2 Å². The van der Waals surface area contributed by atoms with Crippen LogP contribution in [0.4, 0.5) is 0 Å². The molecule has 0 fully saturated rings. The van der Waals surface area contributed by atoms with Gasteiger partial charge in [0.1, 0.15) is 0 Å². The van der Waals surface area contributed by atoms with Gasteiger partial charge in [0.05, 0.1) is 18.3 Å². The summed E-state index contributed by atoms with van der Waals surface area (Å²) in [4.78, 5) is 12.7. The SMILES string of the molecule is CNCC(=O)N1N=C(c2ccc(C)c(C)c2)CC1c1ccc2c(c1)OCO2. The van der Waals surface area contributed by atoms with Gasteiger partial charge in [-0.3, -0.25) is 4.79 Å². The van der Waals surface area contributed by atoms with Crippen LogP contribution in [0.25, 0.3) is 0 Å². The number of hydrogen-bond acceptors (Lipinski definition) is 5. The zero-order valence-corrected chi connectivity index (χ0v) is 15.8. The van der Waals surface area contributed by atoms with Gasteiger partial charge in [-0.15, -0.1) is 0 Å². The van der Waals surface area contributed by atoms with Gasteiger partial charge < -0.3 is 14.8 Å². The van der Waals surface area contributed by atoms with E-state index in [-0.39, 0.29) is 25.3 Å². The molecule has 27 heavy (non-hydrogen) atoms. The zero-order valence-electron chi connectivity index (χ0n) is 15.8. The Morgan fingerprint density at radius 1 is 1.15 bits per heavy atom. The second kappa shape index (κ2) is 7.04. The summed E-state index contributed by atoms with van der Waals surface area (Å²) in [5.41, 5.74) is 5.43. The highest BCUT2D eigenvalue weighted by molar-refractivity contribution is 6.03. The fourth-order valence-electron chi connectivity index (χ4n) is 3.45. The molecular weight excluding hydrogens is 342 g/mol. The predicted octanol–water partition coefficient (Wildman–Crippen LogP) is 2.93. The molecule has 1 N–H and O–H groups in total. The van der Waals surface area contributed by atoms with E-state index in [4.69, 9.17) is 9.47 Å². The monoisotopic (exact) mass is 365 g/mol. The lowest BCUT2D eigenvalue weighted by Crippen LogP contribution is -2.34. The van der Waals surface area contributed by atoms with Gasteiger partial charge in [0.2, 0.25) is 6.79 Å². The summed E-state index contributed by atoms with van der Waals surface area (Å²) in [7, 11) is 1.76. The smallest absolute Gasteiger partial charge is 0.257 e. The molecule has 2 aromatic carbocycles. The van der Waals surface area contributed by atoms with Gasteiger partial charge in [0, 0.05) is 6.42 Å². The number of carbonyl (C=O) groups is 1. The third-order valence-electron chi connectivity index (χ3n) is 5.12. The van der Waals surface area contributed by atoms with Crippen molar-refractivity contribution < 1.29 is 14.3 Å². The van der Waals surface area contributed by atoms with Crippen LogP contribution in [0.2, 0.25) is 0 Å². The first-order valence-corrected chi connectivity index (χ1v) is 9.08. The molecular formula is C21H23N3O3. The average Bonchev–Trinajstić information content (AvgIpc) is 3.30. The topological polar surface area (TPSA) is 63.2 Å². The van der Waals surface area contributed by atoms with E-state index in [0.717, 1.165) is 22.6 Å². The third kappa shape index (κ3) is 3.28. The predicted molar refractivity (Wildman–Crippen MR) is 103 cm³/mol. The number of ether oxygens (including phenoxy) is 2. The van der Waals surface area contributed by atoms with Crippen molar-refractivity contribution in [2.24, 2.45) is 5.10 Å². The Kier molecular flexibility index (Phi) is 4.58. The lowest BCUT2D eigenvalue weighted by atomic mass is 9.96. The second-order valence-corrected chi connectivity index (χ2v) is 6.95. The number of fused-ring (bicyclic) bond motifs is 1. The Bertz CT molecular complexity index is 923. The van der Waals surface area contributed by atoms with Crippen LogP contribution in [0.3, 0.4) is 0 Å². The van der Waals surface area contributed by atoms with Gasteiger partial charge in [-0.25, -0.2) is 5.01 Å². The number of rotatable bonds is 4. The van der Waals surface area contributed by atoms with Crippen molar-refractivity contribution in [2.75, 3.05) is 20.4 Å². The summed E-state index contributed by atoms with van der Waals surface area (Å²) in [6.07, 6.45) is 0.664. The van der Waals surface area contributed by atoms with Gasteiger partial charge >= 0.3 is 0 Å². The van der Waals surface area contributed by atoms with Gasteiger partial charge in [-0.05, 0) is 61.3 Å². The number of likely N-dealkylation sites (N-methyl/N-ethyl adjacent to an activating group) is 1. The number of benzene rings is 2. The number of carbonyl (C=O) groups excluding carboxylic acids is 1. The summed E-state index contributed by atoms with van der Waals surface area (Å²) < 4.78 is 10.9. The van der Waals surface area contributed by atoms with E-state index in [1.54, 1.807) is 12.1 Å². The molecule has 1 amide bonds. The van der Waals surface area contributed by atoms with E-state index in [2.05, 4.69) is 42.5 Å². The van der Waals surface area contributed by atoms with Crippen molar-refractivity contribution >= 4 is 11.6 Å². The molecule has 2 aromatic rings. The van der Waals surface area contributed by atoms with Crippen molar-refractivity contribution in [3.05, 3.63) is 58.7 Å². The molecule has 6 heteroatoms. The molecule has 0 saturated carbocycles. The van der Waals surface area contributed by atoms with E-state index in [1.165, 1.54) is 11.1 Å². The van der Waals surface area contributed by atoms with Crippen molar-refractivity contribution in [3.63, 3.8) is 0 Å². The van der Waals surface area contributed by atoms with Crippen LogP contribution < -0.4 is 14.8 Å². The van der Waals surface area contributed by atoms with Crippen LogP contribution >= 0.6 is 0 Å². The first-order chi connectivity index (χ1) is 13.1. The quantitative estimate of drug-likeness (QED) is 0.905. The molecule has 6 nitrogen and oxygen atoms in total. The van der Waals surface area contributed by atoms with Crippen LogP contribution in [0.1, 0.15) is 34.7 Å². The van der Waals surface area contributed by atoms with Crippen LogP contribution in [0.15, 0.2) is 41.5 Å². The molecule has 0 bridgehead atoms. The second-order valence-electron chi connectivity index (χ2n) is 6.95. The van der Waals surface area contributed by atoms with E-state index in [9.17, 15) is 4.79 Å². The zero-order chi connectivity index (χ0) is 19.0. The molecule has 140 valence electrons. The third-order valence-corrected chi connectivity index (χ3v) is 5.12. The lowest BCUT2D eigenvalue weighted by molar-refractivity contribution is -0.131. The Balaban J connectivity index is 1.68. The van der Waals surface area contributed by atoms with Crippen molar-refractivity contribution in [1.82, 2.24) is 10.3 Å². The van der Waals surface area contributed by atoms with Crippen LogP contribution in [-0.2, 0) is 4.79 Å². The van der Waals surface area contributed by atoms with E-state index < -0.39 is 0 Å². The maximum atomic E-state index is 12.7. The number of nitrogens with one attached hydrogen (secondary N) is 1. The van der Waals surface area contributed by atoms with Crippen molar-refractivity contribution in [1.29, 1.82) is 0 Å². The number of aryl methyl sites for hydroxylation is 2. The minimum atomic E-state index is -0.156. The number of hydrogen-bond donors (Lipinski definition) is 1. The van der Waals surface area contributed by atoms with Gasteiger partial charge in [0.25, 0.3) is 5.91 Å². The van der Waals surface area contributed by atoms with Gasteiger partial charge in [-0.1, -0.05) is 18.2 Å². The van der Waals surface area contributed by atoms with Crippen molar-refractivity contribution in [2.45, 2.75) is 26.3 Å². The first-order valence-electron chi connectivity index (χ1n) is 9.08. The molecule has 0 aliphatic carbocycles. The van der Waals surface area contributed by atoms with E-state index >= 15 is 0 Å². The molecule has 1 unspecified atom stereocenters. The molecule has 0 aromatic heterocycles. The molecule has 2 aliphatic heterocycles. The Morgan fingerprint density at radius 3 is 2.74 bits per heavy atom. The Hall–Kier alpha value is -2.86. The maximum absolute atomic E-state index is 12.7. The number of nitrogens with zero attached hydrogens (tertiary/aromatic N) is 2. The Labute approximate surface area is 158 Å². The summed E-state index contributed by atoms with van der Waals surface area (Å²) >= 11 is 0. The molecule has 2 heterocycles. The summed E-state index contributed by atoms with van der Waals surface area (Å²) in [5, 5.41) is 9.21. The number of amides is 1. The molecule has 0 spiro atoms. The number of hydrazone groups is 1. The van der Waals surface area contributed by atoms with Crippen LogP contribution in [-0.4, -0.2) is 37.0 Å². The largest absolute Gasteiger partial charge is 0.454 e. The average molecular weight is 365 g/mol. The standard InChI is InChI=1S/C21H23N3O3/c1-13-4-5-15(8-14(13)2)17-10-18(24(23-17)21(25)11-22-3)16-6-7-19-20(9-16)27-12-26-19/h4-9,18,22H,10-12H2,1-3H3.